The number of carbonyl (C=O) groups is 2. The van der Waals surface area contributed by atoms with E-state index >= 15 is 0 Å². The molecule has 0 heterocycles. The van der Waals surface area contributed by atoms with Gasteiger partial charge in [-0.3, -0.25) is 9.59 Å². The fraction of sp³-hybridized carbons (Fsp3) is 0.500. The lowest BCUT2D eigenvalue weighted by Crippen LogP contribution is -2.51. The zero-order chi connectivity index (χ0) is 23.5. The Morgan fingerprint density at radius 3 is 2.42 bits per heavy atom. The summed E-state index contributed by atoms with van der Waals surface area (Å²) in [5.41, 5.74) is 2.21. The Morgan fingerprint density at radius 2 is 1.73 bits per heavy atom. The van der Waals surface area contributed by atoms with Crippen LogP contribution in [0.4, 0.5) is 0 Å². The number of ether oxygens (including phenoxy) is 1. The molecule has 0 radical (unpaired) electrons. The molecule has 33 heavy (non-hydrogen) atoms. The third kappa shape index (κ3) is 7.62. The predicted octanol–water partition coefficient (Wildman–Crippen LogP) is 5.41. The molecular formula is C28H38N2O3. The molecule has 1 aliphatic carbocycles. The van der Waals surface area contributed by atoms with Gasteiger partial charge in [-0.1, -0.05) is 68.7 Å². The van der Waals surface area contributed by atoms with Crippen LogP contribution in [0, 0.1) is 6.92 Å². The summed E-state index contributed by atoms with van der Waals surface area (Å²) in [6, 6.07) is 17.5. The third-order valence-corrected chi connectivity index (χ3v) is 6.49. The van der Waals surface area contributed by atoms with Crippen LogP contribution in [0.15, 0.2) is 54.6 Å². The summed E-state index contributed by atoms with van der Waals surface area (Å²) < 4.78 is 5.76. The number of hydrogen-bond acceptors (Lipinski definition) is 3. The van der Waals surface area contributed by atoms with Gasteiger partial charge in [0.2, 0.25) is 11.8 Å². The van der Waals surface area contributed by atoms with Crippen LogP contribution in [0.25, 0.3) is 0 Å². The fourth-order valence-electron chi connectivity index (χ4n) is 4.51. The van der Waals surface area contributed by atoms with Crippen molar-refractivity contribution in [1.82, 2.24) is 10.2 Å². The van der Waals surface area contributed by atoms with Gasteiger partial charge in [0.25, 0.3) is 0 Å². The monoisotopic (exact) mass is 450 g/mol. The van der Waals surface area contributed by atoms with E-state index < -0.39 is 6.04 Å². The number of amides is 2. The van der Waals surface area contributed by atoms with Crippen LogP contribution in [0.1, 0.15) is 69.4 Å². The van der Waals surface area contributed by atoms with Crippen molar-refractivity contribution in [2.75, 3.05) is 6.61 Å². The maximum Gasteiger partial charge on any atom is 0.243 e. The Kier molecular flexibility index (Phi) is 9.79. The highest BCUT2D eigenvalue weighted by Gasteiger charge is 2.30. The van der Waals surface area contributed by atoms with Gasteiger partial charge in [0, 0.05) is 19.0 Å². The van der Waals surface area contributed by atoms with Gasteiger partial charge in [-0.15, -0.1) is 0 Å². The van der Waals surface area contributed by atoms with Crippen molar-refractivity contribution in [3.8, 4) is 5.75 Å². The van der Waals surface area contributed by atoms with Crippen LogP contribution in [0.5, 0.6) is 5.75 Å². The molecule has 3 rings (SSSR count). The van der Waals surface area contributed by atoms with Crippen LogP contribution in [-0.2, 0) is 16.1 Å². The quantitative estimate of drug-likeness (QED) is 0.466. The van der Waals surface area contributed by atoms with Gasteiger partial charge < -0.3 is 15.0 Å². The Bertz CT molecular complexity index is 878. The summed E-state index contributed by atoms with van der Waals surface area (Å²) >= 11 is 0. The molecule has 0 aromatic heterocycles. The molecular weight excluding hydrogens is 412 g/mol. The number of aryl methyl sites for hydroxylation is 1. The summed E-state index contributed by atoms with van der Waals surface area (Å²) in [7, 11) is 0. The molecule has 1 saturated carbocycles. The van der Waals surface area contributed by atoms with Crippen molar-refractivity contribution in [3.05, 3.63) is 65.7 Å². The van der Waals surface area contributed by atoms with E-state index in [0.29, 0.717) is 32.4 Å². The number of benzene rings is 2. The highest BCUT2D eigenvalue weighted by atomic mass is 16.5. The number of rotatable bonds is 11. The van der Waals surface area contributed by atoms with Crippen molar-refractivity contribution in [3.63, 3.8) is 0 Å². The minimum Gasteiger partial charge on any atom is -0.494 e. The molecule has 1 N–H and O–H groups in total. The molecule has 0 aliphatic heterocycles. The third-order valence-electron chi connectivity index (χ3n) is 6.49. The molecule has 0 bridgehead atoms. The molecule has 2 aromatic rings. The number of nitrogens with one attached hydrogen (secondary N) is 1. The first-order chi connectivity index (χ1) is 16.1. The van der Waals surface area contributed by atoms with E-state index in [1.165, 1.54) is 6.42 Å². The Morgan fingerprint density at radius 1 is 1.03 bits per heavy atom. The second-order valence-corrected chi connectivity index (χ2v) is 8.98. The van der Waals surface area contributed by atoms with E-state index in [-0.39, 0.29) is 17.9 Å². The summed E-state index contributed by atoms with van der Waals surface area (Å²) in [6.45, 7) is 4.96. The van der Waals surface area contributed by atoms with Crippen molar-refractivity contribution in [1.29, 1.82) is 0 Å². The molecule has 2 amide bonds. The summed E-state index contributed by atoms with van der Waals surface area (Å²) in [5.74, 6) is 0.785. The smallest absolute Gasteiger partial charge is 0.243 e. The Labute approximate surface area is 198 Å². The van der Waals surface area contributed by atoms with Crippen molar-refractivity contribution < 1.29 is 14.3 Å². The van der Waals surface area contributed by atoms with Crippen molar-refractivity contribution in [2.24, 2.45) is 0 Å². The van der Waals surface area contributed by atoms with Crippen molar-refractivity contribution >= 4 is 11.8 Å². The van der Waals surface area contributed by atoms with E-state index in [1.807, 2.05) is 55.5 Å². The first-order valence-corrected chi connectivity index (χ1v) is 12.4. The lowest BCUT2D eigenvalue weighted by molar-refractivity contribution is -0.142. The highest BCUT2D eigenvalue weighted by molar-refractivity contribution is 5.87. The van der Waals surface area contributed by atoms with E-state index in [9.17, 15) is 9.59 Å². The molecule has 1 aliphatic rings. The molecule has 5 nitrogen and oxygen atoms in total. The van der Waals surface area contributed by atoms with Gasteiger partial charge in [0.15, 0.2) is 0 Å². The van der Waals surface area contributed by atoms with Gasteiger partial charge in [-0.25, -0.2) is 0 Å². The predicted molar refractivity (Wildman–Crippen MR) is 132 cm³/mol. The molecule has 1 fully saturated rings. The van der Waals surface area contributed by atoms with Gasteiger partial charge in [-0.05, 0) is 55.9 Å². The molecule has 0 saturated heterocycles. The van der Waals surface area contributed by atoms with Crippen LogP contribution in [0.3, 0.4) is 0 Å². The number of carbonyl (C=O) groups excluding carboxylic acids is 2. The highest BCUT2D eigenvalue weighted by Crippen LogP contribution is 2.20. The normalized spacial score (nSPS) is 15.0. The van der Waals surface area contributed by atoms with Crippen LogP contribution in [0.2, 0.25) is 0 Å². The van der Waals surface area contributed by atoms with E-state index in [0.717, 1.165) is 42.6 Å². The SMILES string of the molecule is CCC(C(=O)NC1CCCCC1)N(Cc1ccccc1C)C(=O)CCCOc1ccccc1. The zero-order valence-corrected chi connectivity index (χ0v) is 20.1. The lowest BCUT2D eigenvalue weighted by Gasteiger charge is -2.33. The first kappa shape index (κ1) is 24.8. The molecule has 5 heteroatoms. The Hall–Kier alpha value is -2.82. The topological polar surface area (TPSA) is 58.6 Å². The average molecular weight is 451 g/mol. The number of nitrogens with zero attached hydrogens (tertiary/aromatic N) is 1. The molecule has 2 aromatic carbocycles. The van der Waals surface area contributed by atoms with Crippen LogP contribution < -0.4 is 10.1 Å². The zero-order valence-electron chi connectivity index (χ0n) is 20.1. The van der Waals surface area contributed by atoms with Gasteiger partial charge in [0.05, 0.1) is 6.61 Å². The first-order valence-electron chi connectivity index (χ1n) is 12.4. The second-order valence-electron chi connectivity index (χ2n) is 8.98. The van der Waals surface area contributed by atoms with Crippen LogP contribution in [-0.4, -0.2) is 35.4 Å². The maximum atomic E-state index is 13.4. The number of para-hydroxylation sites is 1. The van der Waals surface area contributed by atoms with Crippen LogP contribution >= 0.6 is 0 Å². The molecule has 178 valence electrons. The maximum absolute atomic E-state index is 13.4. The average Bonchev–Trinajstić information content (AvgIpc) is 2.84. The Balaban J connectivity index is 1.66. The second kappa shape index (κ2) is 13.0. The standard InChI is InChI=1S/C28H38N2O3/c1-3-26(28(32)29-24-15-6-4-7-16-24)30(21-23-14-11-10-13-22(23)2)27(31)19-12-20-33-25-17-8-5-9-18-25/h5,8-11,13-14,17-18,24,26H,3-4,6-7,12,15-16,19-21H2,1-2H3,(H,29,32). The van der Waals surface area contributed by atoms with Gasteiger partial charge in [-0.2, -0.15) is 0 Å². The summed E-state index contributed by atoms with van der Waals surface area (Å²) in [4.78, 5) is 28.4. The lowest BCUT2D eigenvalue weighted by atomic mass is 9.95. The minimum absolute atomic E-state index is 0.000518. The van der Waals surface area contributed by atoms with E-state index in [4.69, 9.17) is 4.74 Å². The van der Waals surface area contributed by atoms with Crippen molar-refractivity contribution in [2.45, 2.75) is 83.8 Å². The number of hydrogen-bond donors (Lipinski definition) is 1. The summed E-state index contributed by atoms with van der Waals surface area (Å²) in [6.07, 6.45) is 7.19. The van der Waals surface area contributed by atoms with Gasteiger partial charge >= 0.3 is 0 Å². The molecule has 1 atom stereocenters. The summed E-state index contributed by atoms with van der Waals surface area (Å²) in [5, 5.41) is 3.24. The van der Waals surface area contributed by atoms with Gasteiger partial charge in [0.1, 0.15) is 11.8 Å². The van der Waals surface area contributed by atoms with E-state index in [1.54, 1.807) is 4.90 Å². The van der Waals surface area contributed by atoms with E-state index in [2.05, 4.69) is 18.3 Å². The molecule has 0 spiro atoms. The largest absolute Gasteiger partial charge is 0.494 e. The molecule has 1 unspecified atom stereocenters. The fourth-order valence-corrected chi connectivity index (χ4v) is 4.51. The minimum atomic E-state index is -0.464.